The van der Waals surface area contributed by atoms with E-state index in [1.165, 1.54) is 0 Å². The Morgan fingerprint density at radius 2 is 1.90 bits per heavy atom. The summed E-state index contributed by atoms with van der Waals surface area (Å²) in [6, 6.07) is 0. The Hall–Kier alpha value is -1.67. The van der Waals surface area contributed by atoms with Gasteiger partial charge in [0.05, 0.1) is 17.6 Å². The first-order valence-electron chi connectivity index (χ1n) is 6.79. The highest BCUT2D eigenvalue weighted by Crippen LogP contribution is 2.19. The van der Waals surface area contributed by atoms with Gasteiger partial charge in [-0.25, -0.2) is 13.1 Å². The van der Waals surface area contributed by atoms with Crippen LogP contribution in [0.4, 0.5) is 0 Å². The van der Waals surface area contributed by atoms with Crippen molar-refractivity contribution < 1.29 is 8.42 Å². The van der Waals surface area contributed by atoms with Crippen LogP contribution in [-0.2, 0) is 30.2 Å². The zero-order chi connectivity index (χ0) is 15.8. The molecule has 0 aliphatic carbocycles. The van der Waals surface area contributed by atoms with E-state index < -0.39 is 10.0 Å². The monoisotopic (exact) mass is 311 g/mol. The van der Waals surface area contributed by atoms with Crippen LogP contribution in [0.2, 0.25) is 0 Å². The van der Waals surface area contributed by atoms with E-state index in [0.717, 1.165) is 11.3 Å². The molecule has 0 saturated carbocycles. The molecule has 0 aliphatic heterocycles. The van der Waals surface area contributed by atoms with Crippen molar-refractivity contribution in [2.45, 2.75) is 45.7 Å². The number of aryl methyl sites for hydroxylation is 3. The first kappa shape index (κ1) is 15.7. The summed E-state index contributed by atoms with van der Waals surface area (Å²) in [5.41, 5.74) is 2.98. The minimum absolute atomic E-state index is 0.220. The fraction of sp³-hybridized carbons (Fsp3) is 0.538. The van der Waals surface area contributed by atoms with Gasteiger partial charge in [-0.3, -0.25) is 9.36 Å². The van der Waals surface area contributed by atoms with Gasteiger partial charge in [-0.2, -0.15) is 10.2 Å². The summed E-state index contributed by atoms with van der Waals surface area (Å²) in [7, 11) is -1.76. The number of hydrogen-bond acceptors (Lipinski definition) is 4. The third kappa shape index (κ3) is 2.86. The molecule has 0 spiro atoms. The summed E-state index contributed by atoms with van der Waals surface area (Å²) in [6.45, 7) is 8.18. The van der Waals surface area contributed by atoms with Gasteiger partial charge in [0.25, 0.3) is 0 Å². The smallest absolute Gasteiger partial charge is 0.244 e. The van der Waals surface area contributed by atoms with Crippen LogP contribution in [0.1, 0.15) is 29.6 Å². The van der Waals surface area contributed by atoms with E-state index in [9.17, 15) is 8.42 Å². The Kier molecular flexibility index (Phi) is 4.20. The lowest BCUT2D eigenvalue weighted by Crippen LogP contribution is -2.24. The van der Waals surface area contributed by atoms with E-state index in [-0.39, 0.29) is 11.4 Å². The molecule has 0 radical (unpaired) electrons. The first-order chi connectivity index (χ1) is 9.77. The molecule has 1 N–H and O–H groups in total. The second kappa shape index (κ2) is 5.61. The molecule has 116 valence electrons. The SMILES string of the molecule is CCn1nc(C)c(S(=O)(=O)NCc2cnn(C)c2C)c1C. The van der Waals surface area contributed by atoms with Crippen molar-refractivity contribution in [3.8, 4) is 0 Å². The molecule has 2 aromatic heterocycles. The topological polar surface area (TPSA) is 81.8 Å². The lowest BCUT2D eigenvalue weighted by Gasteiger charge is -2.07. The number of rotatable bonds is 5. The van der Waals surface area contributed by atoms with Crippen molar-refractivity contribution in [2.75, 3.05) is 0 Å². The van der Waals surface area contributed by atoms with Crippen LogP contribution in [0.15, 0.2) is 11.1 Å². The lowest BCUT2D eigenvalue weighted by molar-refractivity contribution is 0.578. The largest absolute Gasteiger partial charge is 0.273 e. The van der Waals surface area contributed by atoms with Crippen LogP contribution in [0.5, 0.6) is 0 Å². The fourth-order valence-electron chi connectivity index (χ4n) is 2.34. The van der Waals surface area contributed by atoms with Crippen molar-refractivity contribution >= 4 is 10.0 Å². The second-order valence-electron chi connectivity index (χ2n) is 5.02. The van der Waals surface area contributed by atoms with Crippen LogP contribution in [0.3, 0.4) is 0 Å². The Labute approximate surface area is 125 Å². The minimum atomic E-state index is -3.59. The number of hydrogen-bond donors (Lipinski definition) is 1. The highest BCUT2D eigenvalue weighted by Gasteiger charge is 2.24. The quantitative estimate of drug-likeness (QED) is 0.894. The molecule has 0 atom stereocenters. The lowest BCUT2D eigenvalue weighted by atomic mass is 10.3. The van der Waals surface area contributed by atoms with Gasteiger partial charge in [-0.15, -0.1) is 0 Å². The predicted octanol–water partition coefficient (Wildman–Crippen LogP) is 1.04. The third-order valence-electron chi connectivity index (χ3n) is 3.67. The number of nitrogens with zero attached hydrogens (tertiary/aromatic N) is 4. The fourth-order valence-corrected chi connectivity index (χ4v) is 3.75. The third-order valence-corrected chi connectivity index (χ3v) is 5.33. The Bertz CT molecular complexity index is 758. The predicted molar refractivity (Wildman–Crippen MR) is 79.3 cm³/mol. The van der Waals surface area contributed by atoms with E-state index in [1.807, 2.05) is 20.9 Å². The average molecular weight is 311 g/mol. The molecule has 0 amide bonds. The Morgan fingerprint density at radius 1 is 1.24 bits per heavy atom. The number of sulfonamides is 1. The van der Waals surface area contributed by atoms with Crippen LogP contribution in [0.25, 0.3) is 0 Å². The van der Waals surface area contributed by atoms with Crippen molar-refractivity contribution in [3.63, 3.8) is 0 Å². The molecule has 7 nitrogen and oxygen atoms in total. The molecule has 2 rings (SSSR count). The maximum absolute atomic E-state index is 12.5. The zero-order valence-electron chi connectivity index (χ0n) is 13.0. The normalized spacial score (nSPS) is 12.0. The molecular weight excluding hydrogens is 290 g/mol. The van der Waals surface area contributed by atoms with Gasteiger partial charge in [-0.05, 0) is 27.7 Å². The Balaban J connectivity index is 2.27. The van der Waals surface area contributed by atoms with Gasteiger partial charge in [0, 0.05) is 31.4 Å². The van der Waals surface area contributed by atoms with E-state index in [1.54, 1.807) is 29.4 Å². The molecular formula is C13H21N5O2S. The maximum atomic E-state index is 12.5. The Morgan fingerprint density at radius 3 is 2.38 bits per heavy atom. The highest BCUT2D eigenvalue weighted by molar-refractivity contribution is 7.89. The summed E-state index contributed by atoms with van der Waals surface area (Å²) < 4.78 is 31.0. The number of aromatic nitrogens is 4. The van der Waals surface area contributed by atoms with Gasteiger partial charge in [0.2, 0.25) is 10.0 Å². The van der Waals surface area contributed by atoms with Gasteiger partial charge >= 0.3 is 0 Å². The second-order valence-corrected chi connectivity index (χ2v) is 6.72. The summed E-state index contributed by atoms with van der Waals surface area (Å²) in [5, 5.41) is 8.36. The molecule has 0 unspecified atom stereocenters. The molecule has 0 aromatic carbocycles. The molecule has 0 fully saturated rings. The van der Waals surface area contributed by atoms with Crippen LogP contribution in [0, 0.1) is 20.8 Å². The molecule has 0 bridgehead atoms. The zero-order valence-corrected chi connectivity index (χ0v) is 13.8. The van der Waals surface area contributed by atoms with E-state index in [4.69, 9.17) is 0 Å². The average Bonchev–Trinajstić information content (AvgIpc) is 2.89. The van der Waals surface area contributed by atoms with Gasteiger partial charge in [0.1, 0.15) is 4.90 Å². The summed E-state index contributed by atoms with van der Waals surface area (Å²) in [4.78, 5) is 0.269. The summed E-state index contributed by atoms with van der Waals surface area (Å²) >= 11 is 0. The van der Waals surface area contributed by atoms with Crippen LogP contribution < -0.4 is 4.72 Å². The van der Waals surface area contributed by atoms with Crippen molar-refractivity contribution in [2.24, 2.45) is 7.05 Å². The molecule has 8 heteroatoms. The summed E-state index contributed by atoms with van der Waals surface area (Å²) in [5.74, 6) is 0. The van der Waals surface area contributed by atoms with Crippen molar-refractivity contribution in [1.29, 1.82) is 0 Å². The first-order valence-corrected chi connectivity index (χ1v) is 8.27. The molecule has 2 aromatic rings. The van der Waals surface area contributed by atoms with E-state index in [0.29, 0.717) is 17.9 Å². The van der Waals surface area contributed by atoms with E-state index in [2.05, 4.69) is 14.9 Å². The van der Waals surface area contributed by atoms with Crippen LogP contribution >= 0.6 is 0 Å². The van der Waals surface area contributed by atoms with Crippen molar-refractivity contribution in [3.05, 3.63) is 28.8 Å². The maximum Gasteiger partial charge on any atom is 0.244 e. The molecule has 2 heterocycles. The van der Waals surface area contributed by atoms with Gasteiger partial charge in [0.15, 0.2) is 0 Å². The van der Waals surface area contributed by atoms with Crippen molar-refractivity contribution in [1.82, 2.24) is 24.3 Å². The molecule has 21 heavy (non-hydrogen) atoms. The highest BCUT2D eigenvalue weighted by atomic mass is 32.2. The van der Waals surface area contributed by atoms with Gasteiger partial charge < -0.3 is 0 Å². The standard InChI is InChI=1S/C13H21N5O2S/c1-6-18-11(4)13(9(2)16-18)21(19,20)15-8-12-7-14-17(5)10(12)3/h7,15H,6,8H2,1-5H3. The summed E-state index contributed by atoms with van der Waals surface area (Å²) in [6.07, 6.45) is 1.67. The van der Waals surface area contributed by atoms with E-state index >= 15 is 0 Å². The number of nitrogens with one attached hydrogen (secondary N) is 1. The van der Waals surface area contributed by atoms with Crippen LogP contribution in [-0.4, -0.2) is 28.0 Å². The molecule has 0 aliphatic rings. The minimum Gasteiger partial charge on any atom is -0.273 e. The molecule has 0 saturated heterocycles. The van der Waals surface area contributed by atoms with Gasteiger partial charge in [-0.1, -0.05) is 0 Å².